The molecule has 0 radical (unpaired) electrons. The van der Waals surface area contributed by atoms with Gasteiger partial charge in [0.1, 0.15) is 5.82 Å². The molecule has 0 saturated carbocycles. The minimum absolute atomic E-state index is 0.0578. The largest absolute Gasteiger partial charge is 0.355 e. The Hall–Kier alpha value is -2.92. The number of nitrogens with one attached hydrogen (secondary N) is 1. The molecule has 29 heavy (non-hydrogen) atoms. The topological polar surface area (TPSA) is 58.1 Å². The van der Waals surface area contributed by atoms with Crippen LogP contribution in [0, 0.1) is 5.92 Å². The van der Waals surface area contributed by atoms with Crippen molar-refractivity contribution in [3.05, 3.63) is 89.3 Å². The van der Waals surface area contributed by atoms with E-state index in [0.717, 1.165) is 36.3 Å². The zero-order valence-electron chi connectivity index (χ0n) is 16.0. The summed E-state index contributed by atoms with van der Waals surface area (Å²) < 4.78 is 0. The molecule has 1 aromatic heterocycles. The zero-order valence-corrected chi connectivity index (χ0v) is 16.8. The number of aromatic nitrogens is 2. The molecule has 1 saturated heterocycles. The first-order chi connectivity index (χ1) is 14.2. The number of hydrogen-bond acceptors (Lipinski definition) is 4. The first-order valence-corrected chi connectivity index (χ1v) is 10.2. The van der Waals surface area contributed by atoms with E-state index >= 15 is 0 Å². The number of carbonyl (C=O) groups excluding carboxylic acids is 1. The van der Waals surface area contributed by atoms with Gasteiger partial charge in [0, 0.05) is 30.5 Å². The summed E-state index contributed by atoms with van der Waals surface area (Å²) in [4.78, 5) is 23.9. The van der Waals surface area contributed by atoms with Crippen LogP contribution in [0.4, 0.5) is 5.82 Å². The number of carbonyl (C=O) groups is 1. The molecule has 1 N–H and O–H groups in total. The van der Waals surface area contributed by atoms with E-state index in [1.54, 1.807) is 18.6 Å². The van der Waals surface area contributed by atoms with Gasteiger partial charge in [0.15, 0.2) is 0 Å². The summed E-state index contributed by atoms with van der Waals surface area (Å²) in [6.07, 6.45) is 6.91. The van der Waals surface area contributed by atoms with Crippen molar-refractivity contribution in [1.82, 2.24) is 15.3 Å². The second-order valence-corrected chi connectivity index (χ2v) is 7.69. The van der Waals surface area contributed by atoms with Gasteiger partial charge in [-0.15, -0.1) is 0 Å². The maximum Gasteiger partial charge on any atom is 0.225 e. The van der Waals surface area contributed by atoms with Crippen molar-refractivity contribution in [3.63, 3.8) is 0 Å². The van der Waals surface area contributed by atoms with Gasteiger partial charge in [-0.2, -0.15) is 0 Å². The number of benzene rings is 2. The molecule has 148 valence electrons. The van der Waals surface area contributed by atoms with Crippen LogP contribution in [0.2, 0.25) is 5.02 Å². The molecule has 0 spiro atoms. The van der Waals surface area contributed by atoms with Crippen LogP contribution >= 0.6 is 11.6 Å². The van der Waals surface area contributed by atoms with Crippen molar-refractivity contribution in [2.75, 3.05) is 18.0 Å². The monoisotopic (exact) mass is 406 g/mol. The van der Waals surface area contributed by atoms with Gasteiger partial charge in [0.2, 0.25) is 5.91 Å². The lowest BCUT2D eigenvalue weighted by Crippen LogP contribution is -2.44. The van der Waals surface area contributed by atoms with Gasteiger partial charge in [-0.3, -0.25) is 9.78 Å². The fourth-order valence-corrected chi connectivity index (χ4v) is 3.90. The molecule has 4 rings (SSSR count). The summed E-state index contributed by atoms with van der Waals surface area (Å²) in [5.74, 6) is 0.786. The SMILES string of the molecule is O=C(NC(c1ccccc1)c1ccc(Cl)cc1)C1CCCN(c2cnccn2)C1. The molecule has 2 aromatic carbocycles. The maximum absolute atomic E-state index is 13.2. The Labute approximate surface area is 175 Å². The van der Waals surface area contributed by atoms with Gasteiger partial charge < -0.3 is 10.2 Å². The molecule has 1 amide bonds. The fourth-order valence-electron chi connectivity index (χ4n) is 3.77. The van der Waals surface area contributed by atoms with Gasteiger partial charge in [0.25, 0.3) is 0 Å². The first kappa shape index (κ1) is 19.4. The third kappa shape index (κ3) is 4.74. The van der Waals surface area contributed by atoms with Crippen molar-refractivity contribution in [2.45, 2.75) is 18.9 Å². The minimum Gasteiger partial charge on any atom is -0.355 e. The van der Waals surface area contributed by atoms with Crippen LogP contribution in [0.1, 0.15) is 30.0 Å². The Morgan fingerprint density at radius 2 is 1.83 bits per heavy atom. The Morgan fingerprint density at radius 1 is 1.07 bits per heavy atom. The lowest BCUT2D eigenvalue weighted by Gasteiger charge is -2.33. The summed E-state index contributed by atoms with van der Waals surface area (Å²) in [5.41, 5.74) is 2.06. The van der Waals surface area contributed by atoms with Crippen molar-refractivity contribution in [3.8, 4) is 0 Å². The van der Waals surface area contributed by atoms with Gasteiger partial charge >= 0.3 is 0 Å². The number of nitrogens with zero attached hydrogens (tertiary/aromatic N) is 3. The Balaban J connectivity index is 1.52. The van der Waals surface area contributed by atoms with Gasteiger partial charge in [-0.1, -0.05) is 54.1 Å². The molecular weight excluding hydrogens is 384 g/mol. The number of amides is 1. The van der Waals surface area contributed by atoms with Gasteiger partial charge in [0.05, 0.1) is 18.2 Å². The minimum atomic E-state index is -0.215. The lowest BCUT2D eigenvalue weighted by molar-refractivity contribution is -0.125. The van der Waals surface area contributed by atoms with E-state index in [2.05, 4.69) is 20.2 Å². The van der Waals surface area contributed by atoms with E-state index in [9.17, 15) is 4.79 Å². The van der Waals surface area contributed by atoms with Crippen LogP contribution < -0.4 is 10.2 Å². The summed E-state index contributed by atoms with van der Waals surface area (Å²) in [6.45, 7) is 1.54. The summed E-state index contributed by atoms with van der Waals surface area (Å²) >= 11 is 6.06. The fraction of sp³-hybridized carbons (Fsp3) is 0.261. The highest BCUT2D eigenvalue weighted by Crippen LogP contribution is 2.26. The van der Waals surface area contributed by atoms with Gasteiger partial charge in [-0.25, -0.2) is 4.98 Å². The number of halogens is 1. The molecule has 1 aliphatic heterocycles. The van der Waals surface area contributed by atoms with Crippen molar-refractivity contribution < 1.29 is 4.79 Å². The van der Waals surface area contributed by atoms with Crippen molar-refractivity contribution in [1.29, 1.82) is 0 Å². The molecule has 2 heterocycles. The van der Waals surface area contributed by atoms with E-state index in [1.165, 1.54) is 0 Å². The third-order valence-corrected chi connectivity index (χ3v) is 5.54. The molecule has 2 atom stereocenters. The van der Waals surface area contributed by atoms with Crippen LogP contribution in [0.15, 0.2) is 73.2 Å². The number of piperidine rings is 1. The molecule has 5 nitrogen and oxygen atoms in total. The summed E-state index contributed by atoms with van der Waals surface area (Å²) in [5, 5.41) is 3.95. The first-order valence-electron chi connectivity index (χ1n) is 9.82. The van der Waals surface area contributed by atoms with Crippen LogP contribution in [-0.4, -0.2) is 29.0 Å². The summed E-state index contributed by atoms with van der Waals surface area (Å²) in [6, 6.07) is 17.4. The van der Waals surface area contributed by atoms with Crippen LogP contribution in [-0.2, 0) is 4.79 Å². The number of anilines is 1. The van der Waals surface area contributed by atoms with Crippen LogP contribution in [0.3, 0.4) is 0 Å². The molecular formula is C23H23ClN4O. The molecule has 0 bridgehead atoms. The van der Waals surface area contributed by atoms with Crippen LogP contribution in [0.25, 0.3) is 0 Å². The second kappa shape index (κ2) is 9.05. The Bertz CT molecular complexity index is 934. The maximum atomic E-state index is 13.2. The van der Waals surface area contributed by atoms with Crippen LogP contribution in [0.5, 0.6) is 0 Å². The zero-order chi connectivity index (χ0) is 20.1. The predicted octanol–water partition coefficient (Wildman–Crippen LogP) is 4.25. The molecule has 3 aromatic rings. The highest BCUT2D eigenvalue weighted by atomic mass is 35.5. The molecule has 1 aliphatic rings. The molecule has 1 fully saturated rings. The van der Waals surface area contributed by atoms with E-state index in [0.29, 0.717) is 11.6 Å². The Kier molecular flexibility index (Phi) is 6.06. The van der Waals surface area contributed by atoms with Crippen molar-refractivity contribution >= 4 is 23.3 Å². The Morgan fingerprint density at radius 3 is 2.55 bits per heavy atom. The lowest BCUT2D eigenvalue weighted by atomic mass is 9.94. The third-order valence-electron chi connectivity index (χ3n) is 5.29. The summed E-state index contributed by atoms with van der Waals surface area (Å²) in [7, 11) is 0. The molecule has 0 aliphatic carbocycles. The molecule has 2 unspecified atom stereocenters. The van der Waals surface area contributed by atoms with Crippen molar-refractivity contribution in [2.24, 2.45) is 5.92 Å². The number of hydrogen-bond donors (Lipinski definition) is 1. The smallest absolute Gasteiger partial charge is 0.225 e. The highest BCUT2D eigenvalue weighted by Gasteiger charge is 2.28. The standard InChI is InChI=1S/C23H23ClN4O/c24-20-10-8-18(9-11-20)22(17-5-2-1-3-6-17)27-23(29)19-7-4-14-28(16-19)21-15-25-12-13-26-21/h1-3,5-6,8-13,15,19,22H,4,7,14,16H2,(H,27,29). The highest BCUT2D eigenvalue weighted by molar-refractivity contribution is 6.30. The predicted molar refractivity (Wildman–Crippen MR) is 115 cm³/mol. The average molecular weight is 407 g/mol. The quantitative estimate of drug-likeness (QED) is 0.688. The van der Waals surface area contributed by atoms with E-state index in [4.69, 9.17) is 11.6 Å². The average Bonchev–Trinajstić information content (AvgIpc) is 2.79. The van der Waals surface area contributed by atoms with E-state index < -0.39 is 0 Å². The van der Waals surface area contributed by atoms with E-state index in [1.807, 2.05) is 54.6 Å². The van der Waals surface area contributed by atoms with Gasteiger partial charge in [-0.05, 0) is 36.1 Å². The molecule has 6 heteroatoms. The van der Waals surface area contributed by atoms with E-state index in [-0.39, 0.29) is 17.9 Å². The number of rotatable bonds is 5. The normalized spacial score (nSPS) is 17.6. The second-order valence-electron chi connectivity index (χ2n) is 7.25.